The van der Waals surface area contributed by atoms with Crippen molar-refractivity contribution in [3.05, 3.63) is 101 Å². The maximum atomic E-state index is 14.4. The molecule has 0 spiro atoms. The molecule has 162 valence electrons. The Labute approximate surface area is 183 Å². The molecule has 2 amide bonds. The first-order valence-corrected chi connectivity index (χ1v) is 9.97. The smallest absolute Gasteiger partial charge is 0.282 e. The predicted molar refractivity (Wildman–Crippen MR) is 116 cm³/mol. The number of halogens is 3. The molecule has 1 aliphatic rings. The molecular weight excluding hydrogens is 417 g/mol. The lowest BCUT2D eigenvalue weighted by atomic mass is 10.0. The number of anilines is 2. The molecule has 0 saturated carbocycles. The van der Waals surface area contributed by atoms with E-state index in [4.69, 9.17) is 0 Å². The van der Waals surface area contributed by atoms with E-state index >= 15 is 0 Å². The Kier molecular flexibility index (Phi) is 5.57. The second kappa shape index (κ2) is 8.34. The first kappa shape index (κ1) is 21.4. The van der Waals surface area contributed by atoms with Crippen molar-refractivity contribution >= 4 is 28.8 Å². The van der Waals surface area contributed by atoms with Crippen molar-refractivity contribution in [2.24, 2.45) is 0 Å². The Morgan fingerprint density at radius 1 is 0.781 bits per heavy atom. The molecule has 7 heteroatoms. The van der Waals surface area contributed by atoms with Crippen LogP contribution in [0.15, 0.2) is 72.4 Å². The summed E-state index contributed by atoms with van der Waals surface area (Å²) in [5.41, 5.74) is 1.44. The standard InChI is InChI=1S/C25H19F3N2O2/c1-14(2)15-5-10-19(11-6-15)29-23-22(16-3-7-17(26)8-4-16)24(31)30(25(23)32)21-12-9-18(27)13-20(21)28/h3-14,29H,1-2H3. The summed E-state index contributed by atoms with van der Waals surface area (Å²) in [4.78, 5) is 27.1. The molecule has 4 rings (SSSR count). The fourth-order valence-corrected chi connectivity index (χ4v) is 3.51. The van der Waals surface area contributed by atoms with Gasteiger partial charge < -0.3 is 5.32 Å². The Hall–Kier alpha value is -3.87. The molecule has 4 nitrogen and oxygen atoms in total. The van der Waals surface area contributed by atoms with Crippen molar-refractivity contribution in [3.63, 3.8) is 0 Å². The lowest BCUT2D eigenvalue weighted by Gasteiger charge is -2.16. The van der Waals surface area contributed by atoms with Gasteiger partial charge >= 0.3 is 0 Å². The number of benzene rings is 3. The summed E-state index contributed by atoms with van der Waals surface area (Å²) in [7, 11) is 0. The summed E-state index contributed by atoms with van der Waals surface area (Å²) >= 11 is 0. The molecule has 3 aromatic carbocycles. The van der Waals surface area contributed by atoms with E-state index in [1.165, 1.54) is 12.1 Å². The van der Waals surface area contributed by atoms with Crippen LogP contribution in [0.3, 0.4) is 0 Å². The number of imide groups is 1. The minimum Gasteiger partial charge on any atom is -0.350 e. The SMILES string of the molecule is CC(C)c1ccc(NC2=C(c3ccc(F)cc3)C(=O)N(c3ccc(F)cc3F)C2=O)cc1. The molecule has 0 saturated heterocycles. The third-order valence-corrected chi connectivity index (χ3v) is 5.21. The van der Waals surface area contributed by atoms with E-state index in [9.17, 15) is 22.8 Å². The third-order valence-electron chi connectivity index (χ3n) is 5.21. The molecule has 0 atom stereocenters. The summed E-state index contributed by atoms with van der Waals surface area (Å²) in [5.74, 6) is -3.68. The molecule has 0 aliphatic carbocycles. The highest BCUT2D eigenvalue weighted by molar-refractivity contribution is 6.46. The molecule has 0 aromatic heterocycles. The van der Waals surface area contributed by atoms with E-state index in [0.29, 0.717) is 22.6 Å². The molecule has 1 aliphatic heterocycles. The van der Waals surface area contributed by atoms with Crippen LogP contribution in [0.25, 0.3) is 5.57 Å². The van der Waals surface area contributed by atoms with E-state index in [1.807, 2.05) is 26.0 Å². The largest absolute Gasteiger partial charge is 0.350 e. The quantitative estimate of drug-likeness (QED) is 0.528. The number of amides is 2. The van der Waals surface area contributed by atoms with Gasteiger partial charge in [-0.25, -0.2) is 18.1 Å². The maximum Gasteiger partial charge on any atom is 0.282 e. The molecular formula is C25H19F3N2O2. The monoisotopic (exact) mass is 436 g/mol. The van der Waals surface area contributed by atoms with Crippen LogP contribution in [0.2, 0.25) is 0 Å². The minimum absolute atomic E-state index is 0.0355. The van der Waals surface area contributed by atoms with Gasteiger partial charge in [0.25, 0.3) is 11.8 Å². The Balaban J connectivity index is 1.80. The molecule has 3 aromatic rings. The molecule has 0 bridgehead atoms. The number of hydrogen-bond donors (Lipinski definition) is 1. The predicted octanol–water partition coefficient (Wildman–Crippen LogP) is 5.62. The lowest BCUT2D eigenvalue weighted by Crippen LogP contribution is -2.33. The van der Waals surface area contributed by atoms with Gasteiger partial charge in [0.1, 0.15) is 23.1 Å². The first-order valence-electron chi connectivity index (χ1n) is 9.97. The fourth-order valence-electron chi connectivity index (χ4n) is 3.51. The minimum atomic E-state index is -1.05. The van der Waals surface area contributed by atoms with Crippen molar-refractivity contribution < 1.29 is 22.8 Å². The van der Waals surface area contributed by atoms with Crippen LogP contribution >= 0.6 is 0 Å². The Morgan fingerprint density at radius 3 is 2.00 bits per heavy atom. The number of carbonyl (C=O) groups excluding carboxylic acids is 2. The zero-order chi connectivity index (χ0) is 23.0. The average Bonchev–Trinajstić information content (AvgIpc) is 2.99. The van der Waals surface area contributed by atoms with E-state index in [2.05, 4.69) is 5.32 Å². The summed E-state index contributed by atoms with van der Waals surface area (Å²) < 4.78 is 41.3. The van der Waals surface area contributed by atoms with Crippen LogP contribution in [-0.2, 0) is 9.59 Å². The normalized spacial score (nSPS) is 14.0. The number of hydrogen-bond acceptors (Lipinski definition) is 3. The Morgan fingerprint density at radius 2 is 1.41 bits per heavy atom. The molecule has 32 heavy (non-hydrogen) atoms. The molecule has 0 fully saturated rings. The lowest BCUT2D eigenvalue weighted by molar-refractivity contribution is -0.120. The van der Waals surface area contributed by atoms with Gasteiger partial charge in [0, 0.05) is 11.8 Å². The average molecular weight is 436 g/mol. The third kappa shape index (κ3) is 3.89. The van der Waals surface area contributed by atoms with Crippen LogP contribution < -0.4 is 10.2 Å². The van der Waals surface area contributed by atoms with E-state index in [-0.39, 0.29) is 22.5 Å². The number of carbonyl (C=O) groups is 2. The van der Waals surface area contributed by atoms with Crippen LogP contribution in [0, 0.1) is 17.5 Å². The van der Waals surface area contributed by atoms with Gasteiger partial charge in [-0.05, 0) is 53.4 Å². The highest BCUT2D eigenvalue weighted by Gasteiger charge is 2.41. The second-order valence-electron chi connectivity index (χ2n) is 7.70. The zero-order valence-corrected chi connectivity index (χ0v) is 17.3. The highest BCUT2D eigenvalue weighted by Crippen LogP contribution is 2.35. The van der Waals surface area contributed by atoms with Crippen molar-refractivity contribution in [2.45, 2.75) is 19.8 Å². The second-order valence-corrected chi connectivity index (χ2v) is 7.70. The summed E-state index contributed by atoms with van der Waals surface area (Å²) in [6.45, 7) is 4.10. The summed E-state index contributed by atoms with van der Waals surface area (Å²) in [5, 5.41) is 2.96. The van der Waals surface area contributed by atoms with Crippen LogP contribution in [0.1, 0.15) is 30.9 Å². The topological polar surface area (TPSA) is 49.4 Å². The maximum absolute atomic E-state index is 14.4. The zero-order valence-electron chi connectivity index (χ0n) is 17.3. The molecule has 0 radical (unpaired) electrons. The number of rotatable bonds is 5. The molecule has 1 N–H and O–H groups in total. The van der Waals surface area contributed by atoms with Crippen molar-refractivity contribution in [3.8, 4) is 0 Å². The van der Waals surface area contributed by atoms with E-state index in [1.54, 1.807) is 12.1 Å². The van der Waals surface area contributed by atoms with Gasteiger partial charge in [0.05, 0.1) is 11.3 Å². The number of nitrogens with one attached hydrogen (secondary N) is 1. The fraction of sp³-hybridized carbons (Fsp3) is 0.120. The van der Waals surface area contributed by atoms with Crippen LogP contribution in [0.5, 0.6) is 0 Å². The van der Waals surface area contributed by atoms with Crippen molar-refractivity contribution in [2.75, 3.05) is 10.2 Å². The molecule has 0 unspecified atom stereocenters. The van der Waals surface area contributed by atoms with Gasteiger partial charge in [-0.15, -0.1) is 0 Å². The first-order chi connectivity index (χ1) is 15.3. The van der Waals surface area contributed by atoms with Gasteiger partial charge in [-0.1, -0.05) is 38.1 Å². The highest BCUT2D eigenvalue weighted by atomic mass is 19.1. The van der Waals surface area contributed by atoms with Gasteiger partial charge in [0.15, 0.2) is 0 Å². The molecule has 1 heterocycles. The number of nitrogens with zero attached hydrogens (tertiary/aromatic N) is 1. The van der Waals surface area contributed by atoms with Gasteiger partial charge in [-0.2, -0.15) is 0 Å². The van der Waals surface area contributed by atoms with Gasteiger partial charge in [-0.3, -0.25) is 9.59 Å². The summed E-state index contributed by atoms with van der Waals surface area (Å²) in [6.07, 6.45) is 0. The van der Waals surface area contributed by atoms with Crippen molar-refractivity contribution in [1.29, 1.82) is 0 Å². The van der Waals surface area contributed by atoms with E-state index in [0.717, 1.165) is 29.8 Å². The Bertz CT molecular complexity index is 1230. The van der Waals surface area contributed by atoms with E-state index < -0.39 is 29.3 Å². The van der Waals surface area contributed by atoms with Crippen molar-refractivity contribution in [1.82, 2.24) is 0 Å². The van der Waals surface area contributed by atoms with Crippen LogP contribution in [0.4, 0.5) is 24.5 Å². The summed E-state index contributed by atoms with van der Waals surface area (Å²) in [6, 6.07) is 15.0. The van der Waals surface area contributed by atoms with Gasteiger partial charge in [0.2, 0.25) is 0 Å². The van der Waals surface area contributed by atoms with Crippen LogP contribution in [-0.4, -0.2) is 11.8 Å².